The zero-order chi connectivity index (χ0) is 23.3. The van der Waals surface area contributed by atoms with E-state index in [1.807, 2.05) is 48.5 Å². The minimum atomic E-state index is -3.22. The van der Waals surface area contributed by atoms with E-state index in [1.165, 1.54) is 14.2 Å². The van der Waals surface area contributed by atoms with Crippen LogP contribution in [0.15, 0.2) is 54.6 Å². The lowest BCUT2D eigenvalue weighted by Crippen LogP contribution is -2.25. The lowest BCUT2D eigenvalue weighted by molar-refractivity contribution is -0.0760. The molecule has 2 aromatic carbocycles. The van der Waals surface area contributed by atoms with Crippen molar-refractivity contribution in [1.82, 2.24) is 19.6 Å². The van der Waals surface area contributed by atoms with Crippen LogP contribution < -0.4 is 9.46 Å². The summed E-state index contributed by atoms with van der Waals surface area (Å²) in [6.07, 6.45) is 1.70. The molecular formula is C22H26N4O5S. The van der Waals surface area contributed by atoms with Gasteiger partial charge >= 0.3 is 0 Å². The highest BCUT2D eigenvalue weighted by Crippen LogP contribution is 2.26. The van der Waals surface area contributed by atoms with Gasteiger partial charge in [0.15, 0.2) is 5.69 Å². The average molecular weight is 459 g/mol. The van der Waals surface area contributed by atoms with Crippen molar-refractivity contribution < 1.29 is 22.8 Å². The highest BCUT2D eigenvalue weighted by atomic mass is 32.2. The predicted molar refractivity (Wildman–Crippen MR) is 121 cm³/mol. The molecule has 170 valence electrons. The second kappa shape index (κ2) is 9.94. The van der Waals surface area contributed by atoms with Crippen molar-refractivity contribution in [1.29, 1.82) is 0 Å². The predicted octanol–water partition coefficient (Wildman–Crippen LogP) is 2.27. The number of sulfonamides is 1. The van der Waals surface area contributed by atoms with Gasteiger partial charge < -0.3 is 4.74 Å². The van der Waals surface area contributed by atoms with Gasteiger partial charge in [0.05, 0.1) is 31.9 Å². The number of nitrogens with one attached hydrogen (secondary N) is 1. The number of benzene rings is 2. The van der Waals surface area contributed by atoms with E-state index in [-0.39, 0.29) is 11.6 Å². The molecule has 0 bridgehead atoms. The highest BCUT2D eigenvalue weighted by molar-refractivity contribution is 7.88. The molecule has 0 fully saturated rings. The number of carbonyl (C=O) groups is 1. The Morgan fingerprint density at radius 2 is 1.75 bits per heavy atom. The lowest BCUT2D eigenvalue weighted by atomic mass is 10.1. The Morgan fingerprint density at radius 3 is 2.31 bits per heavy atom. The monoisotopic (exact) mass is 458 g/mol. The molecule has 0 saturated carbocycles. The summed E-state index contributed by atoms with van der Waals surface area (Å²) < 4.78 is 31.9. The molecule has 0 aliphatic heterocycles. The number of rotatable bonds is 9. The smallest absolute Gasteiger partial charge is 0.297 e. The molecule has 0 unspecified atom stereocenters. The molecule has 10 heteroatoms. The standard InChI is InChI=1S/C22H26N4O5S/c1-25(31-3)22(27)20-15-21(26(24-20)18-9-11-19(30-2)12-10-18)17-7-5-16(6-8-17)13-14-23-32(4,28)29/h5-12,15,23H,13-14H2,1-4H3. The first-order valence-electron chi connectivity index (χ1n) is 9.82. The van der Waals surface area contributed by atoms with Gasteiger partial charge in [0.1, 0.15) is 5.75 Å². The molecule has 1 aromatic heterocycles. The summed E-state index contributed by atoms with van der Waals surface area (Å²) in [5.74, 6) is 0.342. The molecule has 9 nitrogen and oxygen atoms in total. The van der Waals surface area contributed by atoms with Crippen LogP contribution in [0.2, 0.25) is 0 Å². The van der Waals surface area contributed by atoms with Crippen LogP contribution in [0.5, 0.6) is 5.75 Å². The zero-order valence-corrected chi connectivity index (χ0v) is 19.2. The third-order valence-corrected chi connectivity index (χ3v) is 5.56. The molecule has 0 aliphatic carbocycles. The van der Waals surface area contributed by atoms with Gasteiger partial charge in [0.25, 0.3) is 5.91 Å². The number of hydroxylamine groups is 2. The van der Waals surface area contributed by atoms with Gasteiger partial charge in [-0.25, -0.2) is 22.9 Å². The van der Waals surface area contributed by atoms with Crippen LogP contribution >= 0.6 is 0 Å². The van der Waals surface area contributed by atoms with E-state index in [2.05, 4.69) is 9.82 Å². The third kappa shape index (κ3) is 5.72. The normalized spacial score (nSPS) is 11.4. The minimum absolute atomic E-state index is 0.238. The van der Waals surface area contributed by atoms with Crippen molar-refractivity contribution in [2.75, 3.05) is 34.1 Å². The van der Waals surface area contributed by atoms with E-state index in [9.17, 15) is 13.2 Å². The Hall–Kier alpha value is -3.21. The van der Waals surface area contributed by atoms with Crippen molar-refractivity contribution in [3.05, 3.63) is 65.9 Å². The van der Waals surface area contributed by atoms with Crippen LogP contribution in [-0.2, 0) is 21.3 Å². The number of aromatic nitrogens is 2. The van der Waals surface area contributed by atoms with Crippen LogP contribution in [-0.4, -0.2) is 63.2 Å². The molecule has 32 heavy (non-hydrogen) atoms. The second-order valence-electron chi connectivity index (χ2n) is 7.12. The Balaban J connectivity index is 1.94. The summed E-state index contributed by atoms with van der Waals surface area (Å²) >= 11 is 0. The molecule has 3 aromatic rings. The molecule has 0 spiro atoms. The van der Waals surface area contributed by atoms with Crippen molar-refractivity contribution >= 4 is 15.9 Å². The van der Waals surface area contributed by atoms with Gasteiger partial charge in [-0.05, 0) is 42.3 Å². The number of ether oxygens (including phenoxy) is 1. The van der Waals surface area contributed by atoms with Gasteiger partial charge in [-0.2, -0.15) is 5.10 Å². The first-order valence-corrected chi connectivity index (χ1v) is 11.7. The number of nitrogens with zero attached hydrogens (tertiary/aromatic N) is 3. The van der Waals surface area contributed by atoms with Gasteiger partial charge in [-0.15, -0.1) is 0 Å². The topological polar surface area (TPSA) is 103 Å². The Bertz CT molecular complexity index is 1170. The molecule has 0 aliphatic rings. The fraction of sp³-hybridized carbons (Fsp3) is 0.273. The average Bonchev–Trinajstić information content (AvgIpc) is 3.23. The van der Waals surface area contributed by atoms with Gasteiger partial charge in [-0.3, -0.25) is 9.63 Å². The van der Waals surface area contributed by atoms with E-state index < -0.39 is 10.0 Å². The minimum Gasteiger partial charge on any atom is -0.497 e. The summed E-state index contributed by atoms with van der Waals surface area (Å²) in [7, 11) is 1.31. The maximum atomic E-state index is 12.6. The van der Waals surface area contributed by atoms with Crippen molar-refractivity contribution in [2.45, 2.75) is 6.42 Å². The van der Waals surface area contributed by atoms with Gasteiger partial charge in [-0.1, -0.05) is 24.3 Å². The van der Waals surface area contributed by atoms with Crippen LogP contribution in [0.25, 0.3) is 16.9 Å². The summed E-state index contributed by atoms with van der Waals surface area (Å²) in [5, 5.41) is 5.62. The highest BCUT2D eigenvalue weighted by Gasteiger charge is 2.20. The van der Waals surface area contributed by atoms with Crippen LogP contribution in [0.3, 0.4) is 0 Å². The van der Waals surface area contributed by atoms with Crippen LogP contribution in [0.1, 0.15) is 16.1 Å². The van der Waals surface area contributed by atoms with Crippen LogP contribution in [0.4, 0.5) is 0 Å². The van der Waals surface area contributed by atoms with E-state index in [0.717, 1.165) is 33.8 Å². The summed E-state index contributed by atoms with van der Waals surface area (Å²) in [6.45, 7) is 0.323. The van der Waals surface area contributed by atoms with Gasteiger partial charge in [0.2, 0.25) is 10.0 Å². The first kappa shape index (κ1) is 23.5. The Morgan fingerprint density at radius 1 is 1.09 bits per heavy atom. The lowest BCUT2D eigenvalue weighted by Gasteiger charge is -2.11. The van der Waals surface area contributed by atoms with Crippen molar-refractivity contribution in [2.24, 2.45) is 0 Å². The van der Waals surface area contributed by atoms with Gasteiger partial charge in [0, 0.05) is 19.2 Å². The SMILES string of the molecule is COc1ccc(-n2nc(C(=O)N(C)OC)cc2-c2ccc(CCNS(C)(=O)=O)cc2)cc1. The summed E-state index contributed by atoms with van der Waals surface area (Å²) in [4.78, 5) is 17.6. The fourth-order valence-electron chi connectivity index (χ4n) is 3.08. The van der Waals surface area contributed by atoms with Crippen molar-refractivity contribution in [3.63, 3.8) is 0 Å². The molecule has 3 rings (SSSR count). The fourth-order valence-corrected chi connectivity index (χ4v) is 3.55. The van der Waals surface area contributed by atoms with E-state index in [0.29, 0.717) is 18.7 Å². The number of amides is 1. The van der Waals surface area contributed by atoms with E-state index >= 15 is 0 Å². The number of hydrogen-bond donors (Lipinski definition) is 1. The number of methoxy groups -OCH3 is 1. The van der Waals surface area contributed by atoms with Crippen molar-refractivity contribution in [3.8, 4) is 22.7 Å². The summed E-state index contributed by atoms with van der Waals surface area (Å²) in [6, 6.07) is 16.7. The third-order valence-electron chi connectivity index (χ3n) is 4.83. The molecule has 1 heterocycles. The van der Waals surface area contributed by atoms with Crippen LogP contribution in [0, 0.1) is 0 Å². The largest absolute Gasteiger partial charge is 0.497 e. The summed E-state index contributed by atoms with van der Waals surface area (Å²) in [5.41, 5.74) is 3.56. The first-order chi connectivity index (χ1) is 15.2. The van der Waals surface area contributed by atoms with E-state index in [4.69, 9.17) is 9.57 Å². The molecular weight excluding hydrogens is 432 g/mol. The maximum absolute atomic E-state index is 12.6. The molecule has 0 radical (unpaired) electrons. The molecule has 0 atom stereocenters. The number of hydrogen-bond acceptors (Lipinski definition) is 6. The molecule has 0 saturated heterocycles. The zero-order valence-electron chi connectivity index (χ0n) is 18.4. The van der Waals surface area contributed by atoms with E-state index in [1.54, 1.807) is 17.9 Å². The molecule has 1 N–H and O–H groups in total. The maximum Gasteiger partial charge on any atom is 0.297 e. The molecule has 1 amide bonds. The Labute approximate surface area is 187 Å². The number of carbonyl (C=O) groups excluding carboxylic acids is 1. The quantitative estimate of drug-likeness (QED) is 0.494. The Kier molecular flexibility index (Phi) is 7.29. The second-order valence-corrected chi connectivity index (χ2v) is 8.96.